The van der Waals surface area contributed by atoms with Gasteiger partial charge in [0.1, 0.15) is 5.60 Å². The molecule has 18 heavy (non-hydrogen) atoms. The minimum Gasteiger partial charge on any atom is -0.465 e. The second kappa shape index (κ2) is 4.20. The molecule has 4 nitrogen and oxygen atoms in total. The number of fused-ring (bicyclic) bond motifs is 2. The van der Waals surface area contributed by atoms with Gasteiger partial charge in [0.2, 0.25) is 0 Å². The summed E-state index contributed by atoms with van der Waals surface area (Å²) in [5, 5.41) is 8.78. The van der Waals surface area contributed by atoms with Gasteiger partial charge in [-0.15, -0.1) is 11.3 Å². The fourth-order valence-electron chi connectivity index (χ4n) is 2.82. The van der Waals surface area contributed by atoms with Crippen molar-refractivity contribution in [2.24, 2.45) is 0 Å². The van der Waals surface area contributed by atoms with Crippen LogP contribution >= 0.6 is 11.3 Å². The van der Waals surface area contributed by atoms with Crippen molar-refractivity contribution < 1.29 is 19.0 Å². The summed E-state index contributed by atoms with van der Waals surface area (Å²) in [5.41, 5.74) is 0.585. The fraction of sp³-hybridized carbons (Fsp3) is 0.583. The molecule has 3 rings (SSSR count). The van der Waals surface area contributed by atoms with Crippen molar-refractivity contribution in [3.8, 4) is 0 Å². The van der Waals surface area contributed by atoms with E-state index >= 15 is 0 Å². The molecule has 1 N–H and O–H groups in total. The summed E-state index contributed by atoms with van der Waals surface area (Å²) in [6, 6.07) is 1.59. The Kier molecular flexibility index (Phi) is 2.79. The third-order valence-corrected chi connectivity index (χ3v) is 4.94. The molecule has 2 aliphatic rings. The maximum Gasteiger partial charge on any atom is 0.407 e. The van der Waals surface area contributed by atoms with Gasteiger partial charge < -0.3 is 14.7 Å². The van der Waals surface area contributed by atoms with E-state index in [9.17, 15) is 9.18 Å². The minimum atomic E-state index is -0.891. The number of piperidine rings is 1. The third-order valence-electron chi connectivity index (χ3n) is 3.78. The molecule has 2 aliphatic heterocycles. The molecule has 1 saturated heterocycles. The summed E-state index contributed by atoms with van der Waals surface area (Å²) in [6.45, 7) is 1.50. The number of nitrogens with zero attached hydrogens (tertiary/aromatic N) is 1. The van der Waals surface area contributed by atoms with Gasteiger partial charge in [-0.25, -0.2) is 4.79 Å². The number of amides is 1. The maximum atomic E-state index is 13.4. The molecule has 0 atom stereocenters. The van der Waals surface area contributed by atoms with Crippen LogP contribution in [0.4, 0.5) is 9.18 Å². The second-order valence-corrected chi connectivity index (χ2v) is 5.77. The molecule has 1 fully saturated rings. The van der Waals surface area contributed by atoms with Gasteiger partial charge in [0.15, 0.2) is 5.13 Å². The molecule has 1 aromatic rings. The number of ether oxygens (including phenoxy) is 1. The smallest absolute Gasteiger partial charge is 0.407 e. The molecule has 0 aromatic carbocycles. The van der Waals surface area contributed by atoms with Gasteiger partial charge in [-0.1, -0.05) is 0 Å². The average Bonchev–Trinajstić information content (AvgIpc) is 2.72. The first-order valence-electron chi connectivity index (χ1n) is 6.01. The number of hydrogen-bond acceptors (Lipinski definition) is 3. The van der Waals surface area contributed by atoms with Crippen molar-refractivity contribution in [1.29, 1.82) is 0 Å². The average molecular weight is 271 g/mol. The first kappa shape index (κ1) is 11.9. The van der Waals surface area contributed by atoms with Crippen molar-refractivity contribution in [3.05, 3.63) is 21.6 Å². The number of rotatable bonds is 0. The number of carbonyl (C=O) groups is 1. The SMILES string of the molecule is O=C(O)N1CCC2(CC1)OCCc1cc(F)sc12. The Morgan fingerprint density at radius 2 is 2.22 bits per heavy atom. The van der Waals surface area contributed by atoms with Crippen LogP contribution in [-0.2, 0) is 16.8 Å². The Labute approximate surface area is 108 Å². The number of hydrogen-bond donors (Lipinski definition) is 1. The van der Waals surface area contributed by atoms with E-state index in [0.29, 0.717) is 32.5 Å². The van der Waals surface area contributed by atoms with E-state index in [1.54, 1.807) is 6.07 Å². The van der Waals surface area contributed by atoms with Crippen LogP contribution < -0.4 is 0 Å². The largest absolute Gasteiger partial charge is 0.465 e. The van der Waals surface area contributed by atoms with E-state index in [0.717, 1.165) is 28.2 Å². The van der Waals surface area contributed by atoms with E-state index in [1.165, 1.54) is 4.90 Å². The van der Waals surface area contributed by atoms with Crippen molar-refractivity contribution in [3.63, 3.8) is 0 Å². The summed E-state index contributed by atoms with van der Waals surface area (Å²) in [4.78, 5) is 13.3. The van der Waals surface area contributed by atoms with E-state index in [-0.39, 0.29) is 5.13 Å². The second-order valence-electron chi connectivity index (χ2n) is 4.77. The third kappa shape index (κ3) is 1.80. The van der Waals surface area contributed by atoms with Gasteiger partial charge in [0.05, 0.1) is 6.61 Å². The highest BCUT2D eigenvalue weighted by molar-refractivity contribution is 7.10. The van der Waals surface area contributed by atoms with Crippen LogP contribution in [0.15, 0.2) is 6.07 Å². The zero-order valence-corrected chi connectivity index (χ0v) is 10.6. The lowest BCUT2D eigenvalue weighted by molar-refractivity contribution is -0.0914. The number of thiophene rings is 1. The van der Waals surface area contributed by atoms with Crippen LogP contribution in [0.2, 0.25) is 0 Å². The number of halogens is 1. The predicted octanol–water partition coefficient (Wildman–Crippen LogP) is 2.43. The van der Waals surface area contributed by atoms with Gasteiger partial charge in [-0.2, -0.15) is 4.39 Å². The van der Waals surface area contributed by atoms with Crippen LogP contribution in [-0.4, -0.2) is 35.8 Å². The molecular formula is C12H14FNO3S. The molecule has 6 heteroatoms. The fourth-order valence-corrected chi connectivity index (χ4v) is 3.96. The van der Waals surface area contributed by atoms with E-state index in [1.807, 2.05) is 0 Å². The Balaban J connectivity index is 1.87. The highest BCUT2D eigenvalue weighted by Gasteiger charge is 2.43. The monoisotopic (exact) mass is 271 g/mol. The zero-order chi connectivity index (χ0) is 12.8. The zero-order valence-electron chi connectivity index (χ0n) is 9.82. The highest BCUT2D eigenvalue weighted by Crippen LogP contribution is 2.44. The Hall–Kier alpha value is -1.14. The van der Waals surface area contributed by atoms with E-state index in [2.05, 4.69) is 0 Å². The number of likely N-dealkylation sites (tertiary alicyclic amines) is 1. The summed E-state index contributed by atoms with van der Waals surface area (Å²) in [7, 11) is 0. The molecule has 0 bridgehead atoms. The van der Waals surface area contributed by atoms with Crippen LogP contribution in [0.1, 0.15) is 23.3 Å². The lowest BCUT2D eigenvalue weighted by atomic mass is 9.85. The van der Waals surface area contributed by atoms with Crippen molar-refractivity contribution in [1.82, 2.24) is 4.90 Å². The van der Waals surface area contributed by atoms with Crippen LogP contribution in [0, 0.1) is 5.13 Å². The molecule has 0 unspecified atom stereocenters. The highest BCUT2D eigenvalue weighted by atomic mass is 32.1. The quantitative estimate of drug-likeness (QED) is 0.788. The Bertz CT molecular complexity index is 480. The van der Waals surface area contributed by atoms with Crippen LogP contribution in [0.3, 0.4) is 0 Å². The predicted molar refractivity (Wildman–Crippen MR) is 64.4 cm³/mol. The van der Waals surface area contributed by atoms with E-state index < -0.39 is 11.7 Å². The summed E-state index contributed by atoms with van der Waals surface area (Å²) in [5.74, 6) is 0. The van der Waals surface area contributed by atoms with Crippen molar-refractivity contribution in [2.45, 2.75) is 24.9 Å². The van der Waals surface area contributed by atoms with Gasteiger partial charge in [0, 0.05) is 18.0 Å². The molecule has 1 amide bonds. The first-order valence-corrected chi connectivity index (χ1v) is 6.83. The minimum absolute atomic E-state index is 0.175. The van der Waals surface area contributed by atoms with Crippen molar-refractivity contribution in [2.75, 3.05) is 19.7 Å². The van der Waals surface area contributed by atoms with E-state index in [4.69, 9.17) is 9.84 Å². The maximum absolute atomic E-state index is 13.4. The first-order chi connectivity index (χ1) is 8.61. The molecule has 0 aliphatic carbocycles. The van der Waals surface area contributed by atoms with Crippen LogP contribution in [0.25, 0.3) is 0 Å². The standard InChI is InChI=1S/C12H14FNO3S/c13-9-7-8-1-6-17-12(10(8)18-9)2-4-14(5-3-12)11(15)16/h7H,1-6H2,(H,15,16). The van der Waals surface area contributed by atoms with Crippen molar-refractivity contribution >= 4 is 17.4 Å². The van der Waals surface area contributed by atoms with Gasteiger partial charge in [0.25, 0.3) is 0 Å². The molecule has 3 heterocycles. The normalized spacial score (nSPS) is 21.9. The Morgan fingerprint density at radius 1 is 1.50 bits per heavy atom. The van der Waals surface area contributed by atoms with Gasteiger partial charge >= 0.3 is 6.09 Å². The lowest BCUT2D eigenvalue weighted by Gasteiger charge is -2.42. The van der Waals surface area contributed by atoms with Gasteiger partial charge in [-0.3, -0.25) is 0 Å². The molecule has 0 radical (unpaired) electrons. The summed E-state index contributed by atoms with van der Waals surface area (Å²) in [6.07, 6.45) is 1.09. The molecule has 1 spiro atoms. The topological polar surface area (TPSA) is 49.8 Å². The Morgan fingerprint density at radius 3 is 2.89 bits per heavy atom. The van der Waals surface area contributed by atoms with Gasteiger partial charge in [-0.05, 0) is 30.9 Å². The lowest BCUT2D eigenvalue weighted by Crippen LogP contribution is -2.47. The summed E-state index contributed by atoms with van der Waals surface area (Å²) >= 11 is 1.15. The molecular weight excluding hydrogens is 257 g/mol. The molecule has 0 saturated carbocycles. The summed E-state index contributed by atoms with van der Waals surface area (Å²) < 4.78 is 19.3. The molecule has 98 valence electrons. The number of carboxylic acid groups (broad SMARTS) is 1. The molecule has 1 aromatic heterocycles. The van der Waals surface area contributed by atoms with Crippen LogP contribution in [0.5, 0.6) is 0 Å².